The van der Waals surface area contributed by atoms with Crippen LogP contribution in [-0.4, -0.2) is 26.6 Å². The first-order valence-electron chi connectivity index (χ1n) is 5.34. The topological polar surface area (TPSA) is 63.2 Å². The molecule has 0 bridgehead atoms. The monoisotopic (exact) mass is 295 g/mol. The van der Waals surface area contributed by atoms with Gasteiger partial charge in [-0.3, -0.25) is 9.52 Å². The van der Waals surface area contributed by atoms with Crippen LogP contribution in [0.3, 0.4) is 0 Å². The molecule has 0 saturated carbocycles. The minimum atomic E-state index is -4.37. The molecule has 0 aliphatic heterocycles. The minimum Gasteiger partial charge on any atom is -0.298 e. The molecule has 106 valence electrons. The van der Waals surface area contributed by atoms with E-state index < -0.39 is 34.8 Å². The standard InChI is InChI=1S/C11H12F3NO3S/c12-11(13,14)5-2-6-19(17,18)15-10-4-1-3-9(7-10)8-16/h1,3-4,7-8,15H,2,5-6H2. The summed E-state index contributed by atoms with van der Waals surface area (Å²) in [5.41, 5.74) is 0.423. The number of carbonyl (C=O) groups is 1. The van der Waals surface area contributed by atoms with Gasteiger partial charge in [-0.25, -0.2) is 8.42 Å². The van der Waals surface area contributed by atoms with E-state index in [-0.39, 0.29) is 11.3 Å². The van der Waals surface area contributed by atoms with Gasteiger partial charge in [0.25, 0.3) is 0 Å². The van der Waals surface area contributed by atoms with Gasteiger partial charge in [0.2, 0.25) is 10.0 Å². The Kier molecular flexibility index (Phi) is 4.93. The summed E-state index contributed by atoms with van der Waals surface area (Å²) < 4.78 is 60.9. The lowest BCUT2D eigenvalue weighted by molar-refractivity contribution is -0.134. The number of halogens is 3. The summed E-state index contributed by atoms with van der Waals surface area (Å²) in [6, 6.07) is 5.66. The van der Waals surface area contributed by atoms with E-state index in [1.807, 2.05) is 0 Å². The van der Waals surface area contributed by atoms with Gasteiger partial charge in [-0.15, -0.1) is 0 Å². The number of hydrogen-bond donors (Lipinski definition) is 1. The largest absolute Gasteiger partial charge is 0.389 e. The molecule has 1 rings (SSSR count). The quantitative estimate of drug-likeness (QED) is 0.820. The summed E-state index contributed by atoms with van der Waals surface area (Å²) >= 11 is 0. The van der Waals surface area contributed by atoms with Crippen LogP contribution in [0.25, 0.3) is 0 Å². The summed E-state index contributed by atoms with van der Waals surface area (Å²) in [6.07, 6.45) is -5.48. The highest BCUT2D eigenvalue weighted by Crippen LogP contribution is 2.22. The Labute approximate surface area is 108 Å². The second-order valence-electron chi connectivity index (χ2n) is 3.88. The maximum absolute atomic E-state index is 11.9. The molecule has 4 nitrogen and oxygen atoms in total. The Morgan fingerprint density at radius 1 is 1.26 bits per heavy atom. The van der Waals surface area contributed by atoms with E-state index in [2.05, 4.69) is 4.72 Å². The Balaban J connectivity index is 2.61. The average Bonchev–Trinajstić information content (AvgIpc) is 2.26. The predicted molar refractivity (Wildman–Crippen MR) is 64.5 cm³/mol. The van der Waals surface area contributed by atoms with Crippen molar-refractivity contribution in [2.24, 2.45) is 0 Å². The molecule has 1 aromatic carbocycles. The zero-order valence-electron chi connectivity index (χ0n) is 9.77. The number of sulfonamides is 1. The van der Waals surface area contributed by atoms with Crippen LogP contribution in [0.15, 0.2) is 24.3 Å². The van der Waals surface area contributed by atoms with Crippen molar-refractivity contribution < 1.29 is 26.4 Å². The molecule has 0 radical (unpaired) electrons. The van der Waals surface area contributed by atoms with Gasteiger partial charge in [-0.1, -0.05) is 12.1 Å². The van der Waals surface area contributed by atoms with E-state index in [1.165, 1.54) is 24.3 Å². The zero-order valence-corrected chi connectivity index (χ0v) is 10.6. The number of alkyl halides is 3. The number of aldehydes is 1. The van der Waals surface area contributed by atoms with Gasteiger partial charge in [-0.05, 0) is 18.6 Å². The molecule has 0 atom stereocenters. The lowest BCUT2D eigenvalue weighted by Gasteiger charge is -2.09. The van der Waals surface area contributed by atoms with Crippen LogP contribution in [0, 0.1) is 0 Å². The van der Waals surface area contributed by atoms with Crippen molar-refractivity contribution in [2.45, 2.75) is 19.0 Å². The molecule has 0 amide bonds. The number of anilines is 1. The molecule has 0 aliphatic carbocycles. The summed E-state index contributed by atoms with van der Waals surface area (Å²) in [7, 11) is -3.85. The van der Waals surface area contributed by atoms with Crippen molar-refractivity contribution in [2.75, 3.05) is 10.5 Å². The minimum absolute atomic E-state index is 0.150. The Morgan fingerprint density at radius 3 is 2.53 bits per heavy atom. The van der Waals surface area contributed by atoms with Crippen LogP contribution < -0.4 is 4.72 Å². The summed E-state index contributed by atoms with van der Waals surface area (Å²) in [5, 5.41) is 0. The van der Waals surface area contributed by atoms with Crippen LogP contribution in [-0.2, 0) is 10.0 Å². The molecular formula is C11H12F3NO3S. The van der Waals surface area contributed by atoms with E-state index in [0.29, 0.717) is 6.29 Å². The molecule has 1 aromatic rings. The van der Waals surface area contributed by atoms with Gasteiger partial charge in [0, 0.05) is 17.7 Å². The SMILES string of the molecule is O=Cc1cccc(NS(=O)(=O)CCCC(F)(F)F)c1. The van der Waals surface area contributed by atoms with Crippen LogP contribution >= 0.6 is 0 Å². The van der Waals surface area contributed by atoms with Gasteiger partial charge in [-0.2, -0.15) is 13.2 Å². The maximum Gasteiger partial charge on any atom is 0.389 e. The van der Waals surface area contributed by atoms with Crippen molar-refractivity contribution in [3.63, 3.8) is 0 Å². The van der Waals surface area contributed by atoms with E-state index >= 15 is 0 Å². The molecule has 8 heteroatoms. The first-order valence-corrected chi connectivity index (χ1v) is 6.99. The first-order chi connectivity index (χ1) is 8.72. The van der Waals surface area contributed by atoms with Gasteiger partial charge in [0.1, 0.15) is 6.29 Å². The van der Waals surface area contributed by atoms with Crippen molar-refractivity contribution in [3.8, 4) is 0 Å². The van der Waals surface area contributed by atoms with Crippen molar-refractivity contribution >= 4 is 22.0 Å². The molecule has 0 spiro atoms. The maximum atomic E-state index is 11.9. The molecule has 0 aliphatic rings. The van der Waals surface area contributed by atoms with Gasteiger partial charge >= 0.3 is 6.18 Å². The van der Waals surface area contributed by atoms with E-state index in [4.69, 9.17) is 0 Å². The fourth-order valence-electron chi connectivity index (χ4n) is 1.37. The third-order valence-corrected chi connectivity index (χ3v) is 3.54. The molecule has 0 fully saturated rings. The number of hydrogen-bond acceptors (Lipinski definition) is 3. The van der Waals surface area contributed by atoms with Crippen LogP contribution in [0.5, 0.6) is 0 Å². The molecule has 1 N–H and O–H groups in total. The Hall–Kier alpha value is -1.57. The van der Waals surface area contributed by atoms with E-state index in [0.717, 1.165) is 0 Å². The third kappa shape index (κ3) is 6.23. The highest BCUT2D eigenvalue weighted by molar-refractivity contribution is 7.92. The molecule has 0 saturated heterocycles. The molecule has 19 heavy (non-hydrogen) atoms. The first kappa shape index (κ1) is 15.5. The average molecular weight is 295 g/mol. The molecule has 0 unspecified atom stereocenters. The van der Waals surface area contributed by atoms with Gasteiger partial charge in [0.05, 0.1) is 5.75 Å². The smallest absolute Gasteiger partial charge is 0.298 e. The summed E-state index contributed by atoms with van der Waals surface area (Å²) in [4.78, 5) is 10.5. The normalized spacial score (nSPS) is 12.2. The Morgan fingerprint density at radius 2 is 1.95 bits per heavy atom. The second kappa shape index (κ2) is 6.05. The molecule has 0 aromatic heterocycles. The number of rotatable bonds is 6. The summed E-state index contributed by atoms with van der Waals surface area (Å²) in [6.45, 7) is 0. The number of carbonyl (C=O) groups excluding carboxylic acids is 1. The highest BCUT2D eigenvalue weighted by atomic mass is 32.2. The zero-order chi connectivity index (χ0) is 14.5. The number of nitrogens with one attached hydrogen (secondary N) is 1. The van der Waals surface area contributed by atoms with Crippen molar-refractivity contribution in [3.05, 3.63) is 29.8 Å². The fraction of sp³-hybridized carbons (Fsp3) is 0.364. The predicted octanol–water partition coefficient (Wildman–Crippen LogP) is 2.58. The van der Waals surface area contributed by atoms with Crippen LogP contribution in [0.4, 0.5) is 18.9 Å². The highest BCUT2D eigenvalue weighted by Gasteiger charge is 2.27. The van der Waals surface area contributed by atoms with Gasteiger partial charge < -0.3 is 0 Å². The fourth-order valence-corrected chi connectivity index (χ4v) is 2.48. The second-order valence-corrected chi connectivity index (χ2v) is 5.72. The Bertz CT molecular complexity index is 540. The third-order valence-electron chi connectivity index (χ3n) is 2.17. The van der Waals surface area contributed by atoms with Gasteiger partial charge in [0.15, 0.2) is 0 Å². The lowest BCUT2D eigenvalue weighted by atomic mass is 10.2. The molecule has 0 heterocycles. The number of benzene rings is 1. The molecular weight excluding hydrogens is 283 g/mol. The van der Waals surface area contributed by atoms with E-state index in [9.17, 15) is 26.4 Å². The van der Waals surface area contributed by atoms with Crippen molar-refractivity contribution in [1.82, 2.24) is 0 Å². The summed E-state index contributed by atoms with van der Waals surface area (Å²) in [5.74, 6) is -0.627. The van der Waals surface area contributed by atoms with E-state index in [1.54, 1.807) is 0 Å². The van der Waals surface area contributed by atoms with Crippen molar-refractivity contribution in [1.29, 1.82) is 0 Å². The lowest BCUT2D eigenvalue weighted by Crippen LogP contribution is -2.18. The van der Waals surface area contributed by atoms with Crippen LogP contribution in [0.2, 0.25) is 0 Å². The van der Waals surface area contributed by atoms with Crippen LogP contribution in [0.1, 0.15) is 23.2 Å².